The largest absolute Gasteiger partial charge is 0.497 e. The Kier molecular flexibility index (Phi) is 10.8. The molecule has 0 saturated carbocycles. The fourth-order valence-electron chi connectivity index (χ4n) is 3.52. The Balaban J connectivity index is 0.00000363. The minimum atomic E-state index is 0. The monoisotopic (exact) mass is 574 g/mol. The van der Waals surface area contributed by atoms with Gasteiger partial charge in [-0.25, -0.2) is 9.98 Å². The summed E-state index contributed by atoms with van der Waals surface area (Å²) in [7, 11) is 7.43. The van der Waals surface area contributed by atoms with Crippen LogP contribution in [0.25, 0.3) is 0 Å². The number of halogens is 1. The maximum atomic E-state index is 5.54. The number of hydrogen-bond donors (Lipinski definition) is 1. The van der Waals surface area contributed by atoms with Gasteiger partial charge < -0.3 is 24.6 Å². The molecule has 8 nitrogen and oxygen atoms in total. The number of benzene rings is 1. The summed E-state index contributed by atoms with van der Waals surface area (Å²) in [5.74, 6) is 2.72. The Bertz CT molecular complexity index is 868. The van der Waals surface area contributed by atoms with Gasteiger partial charge in [0.15, 0.2) is 11.1 Å². The Morgan fingerprint density at radius 1 is 1.19 bits per heavy atom. The highest BCUT2D eigenvalue weighted by Gasteiger charge is 2.21. The van der Waals surface area contributed by atoms with Crippen molar-refractivity contribution < 1.29 is 9.47 Å². The first kappa shape index (κ1) is 26.5. The van der Waals surface area contributed by atoms with Gasteiger partial charge in [-0.2, -0.15) is 0 Å². The number of guanidine groups is 1. The van der Waals surface area contributed by atoms with Crippen molar-refractivity contribution in [3.05, 3.63) is 34.8 Å². The van der Waals surface area contributed by atoms with Crippen LogP contribution in [0.1, 0.15) is 18.2 Å². The molecule has 1 fully saturated rings. The lowest BCUT2D eigenvalue weighted by Crippen LogP contribution is -2.52. The van der Waals surface area contributed by atoms with E-state index in [2.05, 4.69) is 38.5 Å². The van der Waals surface area contributed by atoms with Crippen LogP contribution >= 0.6 is 35.3 Å². The van der Waals surface area contributed by atoms with E-state index in [0.717, 1.165) is 73.1 Å². The summed E-state index contributed by atoms with van der Waals surface area (Å²) in [6.45, 7) is 8.17. The molecule has 1 saturated heterocycles. The van der Waals surface area contributed by atoms with E-state index in [1.54, 1.807) is 25.6 Å². The van der Waals surface area contributed by atoms with Crippen LogP contribution in [-0.4, -0.2) is 81.8 Å². The molecule has 2 heterocycles. The molecule has 0 atom stereocenters. The van der Waals surface area contributed by atoms with Gasteiger partial charge in [-0.15, -0.1) is 35.3 Å². The van der Waals surface area contributed by atoms with Crippen LogP contribution in [0.15, 0.2) is 28.6 Å². The van der Waals surface area contributed by atoms with Crippen LogP contribution in [0.2, 0.25) is 0 Å². The highest BCUT2D eigenvalue weighted by molar-refractivity contribution is 14.0. The second-order valence-corrected chi connectivity index (χ2v) is 8.46. The van der Waals surface area contributed by atoms with E-state index in [9.17, 15) is 0 Å². The van der Waals surface area contributed by atoms with Crippen molar-refractivity contribution in [2.24, 2.45) is 4.99 Å². The zero-order valence-electron chi connectivity index (χ0n) is 19.6. The molecule has 1 N–H and O–H groups in total. The van der Waals surface area contributed by atoms with Gasteiger partial charge in [-0.3, -0.25) is 4.90 Å². The molecule has 0 unspecified atom stereocenters. The molecule has 178 valence electrons. The standard InChI is InChI=1S/C22H34N6O2S.HI/c1-6-23-21(24-14-18-16-31-22(25-18)26(2)3)28-11-9-27(10-12-28)15-17-13-19(29-4)7-8-20(17)30-5;/h7-8,13,16H,6,9-12,14-15H2,1-5H3,(H,23,24);1H. The molecule has 1 aliphatic rings. The first-order valence-corrected chi connectivity index (χ1v) is 11.5. The molecule has 0 bridgehead atoms. The van der Waals surface area contributed by atoms with Crippen molar-refractivity contribution in [2.75, 3.05) is 65.9 Å². The fraction of sp³-hybridized carbons (Fsp3) is 0.545. The van der Waals surface area contributed by atoms with Gasteiger partial charge in [-0.05, 0) is 25.1 Å². The van der Waals surface area contributed by atoms with E-state index in [1.165, 1.54) is 0 Å². The quantitative estimate of drug-likeness (QED) is 0.295. The molecule has 0 spiro atoms. The second-order valence-electron chi connectivity index (χ2n) is 7.63. The van der Waals surface area contributed by atoms with Crippen LogP contribution in [-0.2, 0) is 13.1 Å². The van der Waals surface area contributed by atoms with Gasteiger partial charge in [0, 0.05) is 64.3 Å². The van der Waals surface area contributed by atoms with Crippen molar-refractivity contribution in [1.82, 2.24) is 20.1 Å². The van der Waals surface area contributed by atoms with E-state index in [1.807, 2.05) is 31.1 Å². The number of hydrogen-bond acceptors (Lipinski definition) is 7. The average Bonchev–Trinajstić information content (AvgIpc) is 3.26. The smallest absolute Gasteiger partial charge is 0.194 e. The molecule has 1 aromatic heterocycles. The van der Waals surface area contributed by atoms with Crippen LogP contribution in [0.4, 0.5) is 5.13 Å². The highest BCUT2D eigenvalue weighted by Crippen LogP contribution is 2.25. The number of nitrogens with zero attached hydrogens (tertiary/aromatic N) is 5. The Morgan fingerprint density at radius 2 is 1.94 bits per heavy atom. The van der Waals surface area contributed by atoms with Crippen LogP contribution in [0.5, 0.6) is 11.5 Å². The summed E-state index contributed by atoms with van der Waals surface area (Å²) in [5, 5.41) is 6.53. The minimum Gasteiger partial charge on any atom is -0.497 e. The summed E-state index contributed by atoms with van der Waals surface area (Å²) in [4.78, 5) is 16.3. The Morgan fingerprint density at radius 3 is 2.53 bits per heavy atom. The second kappa shape index (κ2) is 13.0. The lowest BCUT2D eigenvalue weighted by Gasteiger charge is -2.36. The zero-order chi connectivity index (χ0) is 22.2. The normalized spacial score (nSPS) is 14.7. The molecule has 0 aliphatic carbocycles. The molecule has 1 aliphatic heterocycles. The summed E-state index contributed by atoms with van der Waals surface area (Å²) >= 11 is 1.65. The lowest BCUT2D eigenvalue weighted by atomic mass is 10.1. The third kappa shape index (κ3) is 7.11. The topological polar surface area (TPSA) is 65.5 Å². The molecule has 2 aromatic rings. The number of aliphatic imine (C=N–C) groups is 1. The van der Waals surface area contributed by atoms with Gasteiger partial charge in [0.05, 0.1) is 26.5 Å². The maximum absolute atomic E-state index is 5.54. The number of methoxy groups -OCH3 is 2. The van der Waals surface area contributed by atoms with Crippen LogP contribution in [0.3, 0.4) is 0 Å². The number of aromatic nitrogens is 1. The number of thiazole rings is 1. The van der Waals surface area contributed by atoms with Crippen LogP contribution < -0.4 is 19.7 Å². The first-order valence-electron chi connectivity index (χ1n) is 10.6. The van der Waals surface area contributed by atoms with Crippen molar-refractivity contribution in [1.29, 1.82) is 0 Å². The third-order valence-corrected chi connectivity index (χ3v) is 6.26. The van der Waals surface area contributed by atoms with E-state index in [4.69, 9.17) is 14.5 Å². The SMILES string of the molecule is CCNC(=NCc1csc(N(C)C)n1)N1CCN(Cc2cc(OC)ccc2OC)CC1.I. The molecule has 32 heavy (non-hydrogen) atoms. The molecule has 0 amide bonds. The molecule has 0 radical (unpaired) electrons. The van der Waals surface area contributed by atoms with Gasteiger partial charge in [-0.1, -0.05) is 0 Å². The molecular weight excluding hydrogens is 539 g/mol. The molecule has 3 rings (SSSR count). The molecule has 10 heteroatoms. The van der Waals surface area contributed by atoms with Crippen molar-refractivity contribution in [2.45, 2.75) is 20.0 Å². The number of ether oxygens (including phenoxy) is 2. The lowest BCUT2D eigenvalue weighted by molar-refractivity contribution is 0.171. The molecular formula is C22H35IN6O2S. The number of rotatable bonds is 8. The summed E-state index contributed by atoms with van der Waals surface area (Å²) < 4.78 is 10.9. The van der Waals surface area contributed by atoms with E-state index >= 15 is 0 Å². The maximum Gasteiger partial charge on any atom is 0.194 e. The van der Waals surface area contributed by atoms with E-state index < -0.39 is 0 Å². The summed E-state index contributed by atoms with van der Waals surface area (Å²) in [6, 6.07) is 5.97. The first-order chi connectivity index (χ1) is 15.0. The molecule has 1 aromatic carbocycles. The number of nitrogens with one attached hydrogen (secondary N) is 1. The predicted octanol–water partition coefficient (Wildman–Crippen LogP) is 3.13. The van der Waals surface area contributed by atoms with Crippen molar-refractivity contribution in [3.8, 4) is 11.5 Å². The van der Waals surface area contributed by atoms with Gasteiger partial charge >= 0.3 is 0 Å². The highest BCUT2D eigenvalue weighted by atomic mass is 127. The van der Waals surface area contributed by atoms with Gasteiger partial charge in [0.25, 0.3) is 0 Å². The zero-order valence-corrected chi connectivity index (χ0v) is 22.8. The average molecular weight is 575 g/mol. The summed E-state index contributed by atoms with van der Waals surface area (Å²) in [6.07, 6.45) is 0. The number of piperazine rings is 1. The summed E-state index contributed by atoms with van der Waals surface area (Å²) in [5.41, 5.74) is 2.16. The Hall–Kier alpha value is -1.79. The third-order valence-electron chi connectivity index (χ3n) is 5.20. The van der Waals surface area contributed by atoms with E-state index in [-0.39, 0.29) is 24.0 Å². The Labute approximate surface area is 212 Å². The van der Waals surface area contributed by atoms with Crippen LogP contribution in [0, 0.1) is 0 Å². The predicted molar refractivity (Wildman–Crippen MR) is 143 cm³/mol. The van der Waals surface area contributed by atoms with E-state index in [0.29, 0.717) is 6.54 Å². The van der Waals surface area contributed by atoms with Crippen molar-refractivity contribution in [3.63, 3.8) is 0 Å². The minimum absolute atomic E-state index is 0. The van der Waals surface area contributed by atoms with Gasteiger partial charge in [0.2, 0.25) is 0 Å². The number of anilines is 1. The van der Waals surface area contributed by atoms with Gasteiger partial charge in [0.1, 0.15) is 11.5 Å². The fourth-order valence-corrected chi connectivity index (χ4v) is 4.27. The van der Waals surface area contributed by atoms with Crippen molar-refractivity contribution >= 4 is 46.4 Å².